The van der Waals surface area contributed by atoms with Gasteiger partial charge in [-0.2, -0.15) is 0 Å². The van der Waals surface area contributed by atoms with Gasteiger partial charge in [0.05, 0.1) is 32.5 Å². The molecule has 0 aromatic carbocycles. The van der Waals surface area contributed by atoms with Gasteiger partial charge in [-0.05, 0) is 97.5 Å². The minimum atomic E-state index is -1.12. The molecule has 1 aliphatic heterocycles. The molecule has 3 rings (SSSR count). The molecule has 3 fully saturated rings. The van der Waals surface area contributed by atoms with E-state index in [1.807, 2.05) is 6.08 Å². The van der Waals surface area contributed by atoms with Gasteiger partial charge in [0.15, 0.2) is 6.29 Å². The number of ketones is 1. The maximum Gasteiger partial charge on any atom is 0.161 e. The van der Waals surface area contributed by atoms with E-state index >= 15 is 0 Å². The molecule has 0 spiro atoms. The Balaban J connectivity index is 1.91. The van der Waals surface area contributed by atoms with Crippen molar-refractivity contribution in [3.8, 4) is 0 Å². The maximum absolute atomic E-state index is 13.0. The molecule has 2 aliphatic carbocycles. The van der Waals surface area contributed by atoms with E-state index in [1.54, 1.807) is 27.2 Å². The Bertz CT molecular complexity index is 1160. The van der Waals surface area contributed by atoms with Crippen molar-refractivity contribution in [1.29, 1.82) is 0 Å². The van der Waals surface area contributed by atoms with Crippen LogP contribution in [0.4, 0.5) is 0 Å². The third kappa shape index (κ3) is 9.36. The first-order valence-electron chi connectivity index (χ1n) is 18.8. The molecule has 8 nitrogen and oxygen atoms in total. The van der Waals surface area contributed by atoms with Crippen LogP contribution < -0.4 is 0 Å². The van der Waals surface area contributed by atoms with Crippen molar-refractivity contribution in [3.63, 3.8) is 0 Å². The van der Waals surface area contributed by atoms with Crippen LogP contribution in [0, 0.1) is 40.4 Å². The lowest BCUT2D eigenvalue weighted by molar-refractivity contribution is -0.269. The number of methoxy groups -OCH3 is 2. The summed E-state index contributed by atoms with van der Waals surface area (Å²) in [5.74, 6) is 2.49. The topological polar surface area (TPSA) is 115 Å². The smallest absolute Gasteiger partial charge is 0.161 e. The first-order chi connectivity index (χ1) is 23.3. The van der Waals surface area contributed by atoms with Crippen molar-refractivity contribution in [2.24, 2.45) is 40.4 Å². The molecule has 12 unspecified atom stereocenters. The lowest BCUT2D eigenvalue weighted by Crippen LogP contribution is -2.51. The first kappa shape index (κ1) is 41.6. The van der Waals surface area contributed by atoms with Gasteiger partial charge in [0.2, 0.25) is 0 Å². The van der Waals surface area contributed by atoms with E-state index in [-0.39, 0.29) is 47.6 Å². The Hall–Kier alpha value is -1.81. The molecule has 0 bridgehead atoms. The van der Waals surface area contributed by atoms with Crippen molar-refractivity contribution in [2.45, 2.75) is 136 Å². The fourth-order valence-corrected chi connectivity index (χ4v) is 10.2. The van der Waals surface area contributed by atoms with Crippen LogP contribution in [0.2, 0.25) is 0 Å². The summed E-state index contributed by atoms with van der Waals surface area (Å²) in [6.45, 7) is 22.2. The van der Waals surface area contributed by atoms with Crippen LogP contribution in [0.1, 0.15) is 106 Å². The second-order valence-electron chi connectivity index (χ2n) is 15.6. The van der Waals surface area contributed by atoms with Crippen LogP contribution in [-0.2, 0) is 23.7 Å². The molecule has 1 heterocycles. The molecule has 0 radical (unpaired) electrons. The second-order valence-corrected chi connectivity index (χ2v) is 15.6. The van der Waals surface area contributed by atoms with Gasteiger partial charge >= 0.3 is 0 Å². The summed E-state index contributed by atoms with van der Waals surface area (Å²) in [6.07, 6.45) is 10.5. The average molecular weight is 689 g/mol. The lowest BCUT2D eigenvalue weighted by Gasteiger charge is -2.58. The fraction of sp³-hybridized carbons (Fsp3) is 0.780. The number of hydrogen-bond acceptors (Lipinski definition) is 8. The molecule has 12 atom stereocenters. The maximum atomic E-state index is 13.0. The van der Waals surface area contributed by atoms with Crippen LogP contribution in [0.25, 0.3) is 0 Å². The van der Waals surface area contributed by atoms with E-state index in [1.165, 1.54) is 5.57 Å². The minimum Gasteiger partial charge on any atom is -0.496 e. The first-order valence-corrected chi connectivity index (χ1v) is 18.8. The van der Waals surface area contributed by atoms with Crippen LogP contribution in [0.5, 0.6) is 0 Å². The second kappa shape index (κ2) is 18.6. The van der Waals surface area contributed by atoms with Gasteiger partial charge in [0.25, 0.3) is 0 Å². The summed E-state index contributed by atoms with van der Waals surface area (Å²) in [5, 5.41) is 30.2. The SMILES string of the molecule is C=C/C=C(OC)\C(=C/COC)C(C)C(CC(C)=O)C1(C)CCC(C2(C)CCCC(OC3CC(O)C(O)C(CO)O3)CC2=C)C(CC)C1CC. The summed E-state index contributed by atoms with van der Waals surface area (Å²) < 4.78 is 23.6. The van der Waals surface area contributed by atoms with Gasteiger partial charge in [0, 0.05) is 20.0 Å². The van der Waals surface area contributed by atoms with Crippen molar-refractivity contribution in [1.82, 2.24) is 0 Å². The van der Waals surface area contributed by atoms with E-state index in [0.29, 0.717) is 37.2 Å². The molecule has 1 saturated heterocycles. The van der Waals surface area contributed by atoms with Crippen molar-refractivity contribution in [3.05, 3.63) is 48.3 Å². The zero-order valence-corrected chi connectivity index (χ0v) is 31.8. The van der Waals surface area contributed by atoms with Gasteiger partial charge in [-0.3, -0.25) is 0 Å². The Kier molecular flexibility index (Phi) is 15.8. The molecule has 0 amide bonds. The number of Topliss-reactive ketones (excluding diaryl/α,β-unsaturated/α-hetero) is 1. The standard InChI is InChI=1S/C41H68O8/c1-11-15-36(47-10)31(18-21-46-9)28(6)34(23-27(5)43)41(8)20-17-33(30(12-2)32(41)13-3)40(7)19-14-16-29(22-26(40)4)48-38-24-35(44)39(45)37(25-42)49-38/h11,15,18,28-30,32-35,37-39,42,44-45H,1,4,12-14,16-17,19-25H2,2-3,5-10H3/b31-18-,36-15+. The number of hydrogen-bond donors (Lipinski definition) is 3. The molecule has 0 aromatic heterocycles. The number of carbonyl (C=O) groups is 1. The molecule has 3 aliphatic rings. The van der Waals surface area contributed by atoms with Gasteiger partial charge in [0.1, 0.15) is 23.8 Å². The summed E-state index contributed by atoms with van der Waals surface area (Å²) in [5.41, 5.74) is 2.14. The number of allylic oxidation sites excluding steroid dienone is 3. The van der Waals surface area contributed by atoms with Crippen LogP contribution in [-0.4, -0.2) is 79.2 Å². The highest BCUT2D eigenvalue weighted by Gasteiger charge is 2.55. The predicted molar refractivity (Wildman–Crippen MR) is 195 cm³/mol. The molecule has 49 heavy (non-hydrogen) atoms. The number of aliphatic hydroxyl groups is 3. The Morgan fingerprint density at radius 1 is 1.14 bits per heavy atom. The zero-order chi connectivity index (χ0) is 36.5. The highest BCUT2D eigenvalue weighted by Crippen LogP contribution is 2.62. The quantitative estimate of drug-likeness (QED) is 0.0669. The highest BCUT2D eigenvalue weighted by atomic mass is 16.7. The lowest BCUT2D eigenvalue weighted by atomic mass is 9.46. The Labute approximate surface area is 297 Å². The average Bonchev–Trinajstić information content (AvgIpc) is 3.21. The van der Waals surface area contributed by atoms with Crippen LogP contribution in [0.15, 0.2) is 48.3 Å². The molecule has 8 heteroatoms. The molecule has 3 N–H and O–H groups in total. The number of rotatable bonds is 16. The van der Waals surface area contributed by atoms with Crippen molar-refractivity contribution in [2.75, 3.05) is 27.4 Å². The van der Waals surface area contributed by atoms with Crippen molar-refractivity contribution < 1.29 is 39.1 Å². The third-order valence-electron chi connectivity index (χ3n) is 12.9. The zero-order valence-electron chi connectivity index (χ0n) is 31.8. The summed E-state index contributed by atoms with van der Waals surface area (Å²) in [4.78, 5) is 13.0. The monoisotopic (exact) mass is 688 g/mol. The number of aliphatic hydroxyl groups excluding tert-OH is 3. The Morgan fingerprint density at radius 3 is 2.43 bits per heavy atom. The van der Waals surface area contributed by atoms with Crippen LogP contribution >= 0.6 is 0 Å². The van der Waals surface area contributed by atoms with E-state index in [2.05, 4.69) is 47.3 Å². The van der Waals surface area contributed by atoms with Crippen molar-refractivity contribution >= 4 is 5.78 Å². The molecular formula is C41H68O8. The van der Waals surface area contributed by atoms with Gasteiger partial charge in [-0.1, -0.05) is 78.3 Å². The number of ether oxygens (including phenoxy) is 4. The van der Waals surface area contributed by atoms with Gasteiger partial charge in [-0.15, -0.1) is 0 Å². The van der Waals surface area contributed by atoms with E-state index in [4.69, 9.17) is 25.5 Å². The minimum absolute atomic E-state index is 0.0618. The van der Waals surface area contributed by atoms with E-state index in [9.17, 15) is 20.1 Å². The highest BCUT2D eigenvalue weighted by molar-refractivity contribution is 5.76. The predicted octanol–water partition coefficient (Wildman–Crippen LogP) is 7.33. The van der Waals surface area contributed by atoms with E-state index < -0.39 is 24.6 Å². The molecule has 0 aromatic rings. The largest absolute Gasteiger partial charge is 0.496 e. The third-order valence-corrected chi connectivity index (χ3v) is 12.9. The van der Waals surface area contributed by atoms with Gasteiger partial charge < -0.3 is 39.1 Å². The number of carbonyl (C=O) groups excluding carboxylic acids is 1. The molecule has 280 valence electrons. The Morgan fingerprint density at radius 2 is 1.86 bits per heavy atom. The van der Waals surface area contributed by atoms with Crippen LogP contribution in [0.3, 0.4) is 0 Å². The molecule has 2 saturated carbocycles. The summed E-state index contributed by atoms with van der Waals surface area (Å²) in [6, 6.07) is 0. The summed E-state index contributed by atoms with van der Waals surface area (Å²) in [7, 11) is 3.38. The summed E-state index contributed by atoms with van der Waals surface area (Å²) >= 11 is 0. The van der Waals surface area contributed by atoms with Gasteiger partial charge in [-0.25, -0.2) is 0 Å². The fourth-order valence-electron chi connectivity index (χ4n) is 10.2. The normalized spacial score (nSPS) is 37.7. The molecular weight excluding hydrogens is 620 g/mol. The van der Waals surface area contributed by atoms with E-state index in [0.717, 1.165) is 56.3 Å².